The van der Waals surface area contributed by atoms with E-state index in [1.54, 1.807) is 17.3 Å². The number of hydrogen-bond donors (Lipinski definition) is 2. The molecule has 2 aliphatic rings. The quantitative estimate of drug-likeness (QED) is 0.847. The number of amides is 2. The van der Waals surface area contributed by atoms with Crippen LogP contribution in [0.3, 0.4) is 0 Å². The summed E-state index contributed by atoms with van der Waals surface area (Å²) in [4.78, 5) is 17.7. The first kappa shape index (κ1) is 13.3. The number of carbonyl (C=O) groups excluding carboxylic acids is 1. The fourth-order valence-electron chi connectivity index (χ4n) is 3.19. The van der Waals surface area contributed by atoms with Crippen LogP contribution in [0.15, 0.2) is 24.5 Å². The molecule has 2 amide bonds. The number of likely N-dealkylation sites (tertiary alicyclic amines) is 1. The Kier molecular flexibility index (Phi) is 3.56. The van der Waals surface area contributed by atoms with E-state index in [9.17, 15) is 14.3 Å². The number of carbonyl (C=O) groups is 1. The third-order valence-corrected chi connectivity index (χ3v) is 4.28. The summed E-state index contributed by atoms with van der Waals surface area (Å²) in [5.74, 6) is -0.0294. The number of alkyl halides is 1. The first-order valence-electron chi connectivity index (χ1n) is 6.89. The molecule has 1 saturated carbocycles. The molecule has 0 aromatic carbocycles. The van der Waals surface area contributed by atoms with E-state index in [4.69, 9.17) is 0 Å². The SMILES string of the molecule is O=C(NCc1cccnc1)N1C[C@@H]2C[C@@H](F)[C@H](O)[C@@H]2C1. The van der Waals surface area contributed by atoms with E-state index in [-0.39, 0.29) is 17.9 Å². The average molecular weight is 279 g/mol. The minimum Gasteiger partial charge on any atom is -0.390 e. The van der Waals surface area contributed by atoms with E-state index in [0.717, 1.165) is 5.56 Å². The minimum atomic E-state index is -1.13. The Bertz CT molecular complexity index is 485. The highest BCUT2D eigenvalue weighted by Gasteiger charge is 2.48. The topological polar surface area (TPSA) is 65.5 Å². The van der Waals surface area contributed by atoms with Gasteiger partial charge >= 0.3 is 6.03 Å². The van der Waals surface area contributed by atoms with E-state index in [1.165, 1.54) is 0 Å². The van der Waals surface area contributed by atoms with Crippen LogP contribution in [0.2, 0.25) is 0 Å². The Balaban J connectivity index is 1.53. The summed E-state index contributed by atoms with van der Waals surface area (Å²) in [5.41, 5.74) is 0.934. The van der Waals surface area contributed by atoms with Crippen molar-refractivity contribution < 1.29 is 14.3 Å². The van der Waals surface area contributed by atoms with Gasteiger partial charge in [-0.2, -0.15) is 0 Å². The number of pyridine rings is 1. The molecule has 2 fully saturated rings. The lowest BCUT2D eigenvalue weighted by Gasteiger charge is -2.20. The van der Waals surface area contributed by atoms with Crippen LogP contribution >= 0.6 is 0 Å². The Morgan fingerprint density at radius 1 is 1.55 bits per heavy atom. The van der Waals surface area contributed by atoms with Gasteiger partial charge in [0.2, 0.25) is 0 Å². The van der Waals surface area contributed by atoms with Crippen LogP contribution in [0.4, 0.5) is 9.18 Å². The molecule has 1 saturated heterocycles. The summed E-state index contributed by atoms with van der Waals surface area (Å²) in [7, 11) is 0. The second kappa shape index (κ2) is 5.36. The highest BCUT2D eigenvalue weighted by molar-refractivity contribution is 5.74. The van der Waals surface area contributed by atoms with Crippen molar-refractivity contribution >= 4 is 6.03 Å². The van der Waals surface area contributed by atoms with E-state index in [1.807, 2.05) is 12.1 Å². The van der Waals surface area contributed by atoms with Crippen LogP contribution in [0.1, 0.15) is 12.0 Å². The molecule has 20 heavy (non-hydrogen) atoms. The first-order chi connectivity index (χ1) is 9.65. The summed E-state index contributed by atoms with van der Waals surface area (Å²) in [5, 5.41) is 12.6. The lowest BCUT2D eigenvalue weighted by molar-refractivity contribution is 0.0659. The zero-order chi connectivity index (χ0) is 14.1. The van der Waals surface area contributed by atoms with Crippen LogP contribution < -0.4 is 5.32 Å². The number of nitrogens with zero attached hydrogens (tertiary/aromatic N) is 2. The highest BCUT2D eigenvalue weighted by Crippen LogP contribution is 2.39. The van der Waals surface area contributed by atoms with Gasteiger partial charge in [0.1, 0.15) is 6.17 Å². The van der Waals surface area contributed by atoms with E-state index in [2.05, 4.69) is 10.3 Å². The number of aliphatic hydroxyl groups is 1. The van der Waals surface area contributed by atoms with Gasteiger partial charge in [0.05, 0.1) is 6.10 Å². The van der Waals surface area contributed by atoms with Gasteiger partial charge < -0.3 is 15.3 Å². The summed E-state index contributed by atoms with van der Waals surface area (Å²) >= 11 is 0. The molecule has 1 aliphatic carbocycles. The molecule has 1 aliphatic heterocycles. The van der Waals surface area contributed by atoms with Gasteiger partial charge in [0.15, 0.2) is 0 Å². The maximum absolute atomic E-state index is 13.4. The Hall–Kier alpha value is -1.69. The van der Waals surface area contributed by atoms with Gasteiger partial charge in [0.25, 0.3) is 0 Å². The van der Waals surface area contributed by atoms with Gasteiger partial charge in [-0.05, 0) is 24.0 Å². The van der Waals surface area contributed by atoms with E-state index < -0.39 is 12.3 Å². The molecule has 6 heteroatoms. The molecule has 0 radical (unpaired) electrons. The number of aliphatic hydroxyl groups excluding tert-OH is 1. The molecule has 0 bridgehead atoms. The third-order valence-electron chi connectivity index (χ3n) is 4.28. The Labute approximate surface area is 116 Å². The maximum atomic E-state index is 13.4. The van der Waals surface area contributed by atoms with E-state index >= 15 is 0 Å². The van der Waals surface area contributed by atoms with Crippen molar-refractivity contribution in [1.82, 2.24) is 15.2 Å². The van der Waals surface area contributed by atoms with Crippen molar-refractivity contribution in [3.63, 3.8) is 0 Å². The average Bonchev–Trinajstić information content (AvgIpc) is 2.98. The molecular formula is C14H18FN3O2. The second-order valence-corrected chi connectivity index (χ2v) is 5.59. The van der Waals surface area contributed by atoms with Gasteiger partial charge in [0, 0.05) is 37.9 Å². The summed E-state index contributed by atoms with van der Waals surface area (Å²) in [6, 6.07) is 3.55. The van der Waals surface area contributed by atoms with Gasteiger partial charge in [-0.15, -0.1) is 0 Å². The molecule has 0 unspecified atom stereocenters. The Morgan fingerprint density at radius 2 is 2.40 bits per heavy atom. The van der Waals surface area contributed by atoms with Crippen molar-refractivity contribution in [2.24, 2.45) is 11.8 Å². The predicted octanol–water partition coefficient (Wildman–Crippen LogP) is 0.942. The third kappa shape index (κ3) is 2.47. The number of nitrogens with one attached hydrogen (secondary N) is 1. The summed E-state index contributed by atoms with van der Waals surface area (Å²) < 4.78 is 13.4. The Morgan fingerprint density at radius 3 is 3.10 bits per heavy atom. The zero-order valence-electron chi connectivity index (χ0n) is 11.1. The van der Waals surface area contributed by atoms with E-state index in [0.29, 0.717) is 26.1 Å². The standard InChI is InChI=1S/C14H18FN3O2/c15-12-4-10-7-18(8-11(10)13(12)19)14(20)17-6-9-2-1-3-16-5-9/h1-3,5,10-13,19H,4,6-8H2,(H,17,20)/t10-,11+,12+,13+/m0/s1. The molecule has 2 heterocycles. The first-order valence-corrected chi connectivity index (χ1v) is 6.89. The monoisotopic (exact) mass is 279 g/mol. The molecule has 3 rings (SSSR count). The fourth-order valence-corrected chi connectivity index (χ4v) is 3.19. The molecule has 108 valence electrons. The number of urea groups is 1. The van der Waals surface area contributed by atoms with Crippen LogP contribution in [-0.2, 0) is 6.54 Å². The predicted molar refractivity (Wildman–Crippen MR) is 70.5 cm³/mol. The maximum Gasteiger partial charge on any atom is 0.317 e. The number of aromatic nitrogens is 1. The van der Waals surface area contributed by atoms with Gasteiger partial charge in [-0.1, -0.05) is 6.07 Å². The number of hydrogen-bond acceptors (Lipinski definition) is 3. The van der Waals surface area contributed by atoms with Crippen molar-refractivity contribution in [3.8, 4) is 0 Å². The molecule has 2 N–H and O–H groups in total. The molecular weight excluding hydrogens is 261 g/mol. The lowest BCUT2D eigenvalue weighted by Crippen LogP contribution is -2.40. The minimum absolute atomic E-state index is 0.0872. The number of halogens is 1. The van der Waals surface area contributed by atoms with Crippen LogP contribution in [0.25, 0.3) is 0 Å². The molecule has 4 atom stereocenters. The molecule has 5 nitrogen and oxygen atoms in total. The normalized spacial score (nSPS) is 32.2. The molecule has 1 aromatic rings. The fraction of sp³-hybridized carbons (Fsp3) is 0.571. The number of fused-ring (bicyclic) bond motifs is 1. The number of rotatable bonds is 2. The molecule has 0 spiro atoms. The van der Waals surface area contributed by atoms with Crippen molar-refractivity contribution in [2.75, 3.05) is 13.1 Å². The van der Waals surface area contributed by atoms with Gasteiger partial charge in [-0.25, -0.2) is 9.18 Å². The van der Waals surface area contributed by atoms with Crippen LogP contribution in [0, 0.1) is 11.8 Å². The summed E-state index contributed by atoms with van der Waals surface area (Å²) in [6.45, 7) is 1.39. The molecule has 1 aromatic heterocycles. The van der Waals surface area contributed by atoms with Crippen LogP contribution in [0.5, 0.6) is 0 Å². The highest BCUT2D eigenvalue weighted by atomic mass is 19.1. The van der Waals surface area contributed by atoms with Crippen LogP contribution in [-0.4, -0.2) is 46.4 Å². The lowest BCUT2D eigenvalue weighted by atomic mass is 10.00. The second-order valence-electron chi connectivity index (χ2n) is 5.59. The van der Waals surface area contributed by atoms with Crippen molar-refractivity contribution in [3.05, 3.63) is 30.1 Å². The van der Waals surface area contributed by atoms with Crippen molar-refractivity contribution in [1.29, 1.82) is 0 Å². The largest absolute Gasteiger partial charge is 0.390 e. The smallest absolute Gasteiger partial charge is 0.317 e. The van der Waals surface area contributed by atoms with Gasteiger partial charge in [-0.3, -0.25) is 4.98 Å². The summed E-state index contributed by atoms with van der Waals surface area (Å²) in [6.07, 6.45) is 1.69. The zero-order valence-corrected chi connectivity index (χ0v) is 11.1. The van der Waals surface area contributed by atoms with Crippen molar-refractivity contribution in [2.45, 2.75) is 25.2 Å².